The molecule has 0 spiro atoms. The minimum Gasteiger partial charge on any atom is -0.493 e. The van der Waals surface area contributed by atoms with Crippen LogP contribution in [0.4, 0.5) is 0 Å². The van der Waals surface area contributed by atoms with Gasteiger partial charge in [0, 0.05) is 5.56 Å². The van der Waals surface area contributed by atoms with Crippen molar-refractivity contribution >= 4 is 17.5 Å². The summed E-state index contributed by atoms with van der Waals surface area (Å²) < 4.78 is 10.6. The molecule has 2 atom stereocenters. The Morgan fingerprint density at radius 3 is 2.70 bits per heavy atom. The van der Waals surface area contributed by atoms with E-state index in [2.05, 4.69) is 5.32 Å². The number of methoxy groups -OCH3 is 1. The van der Waals surface area contributed by atoms with Crippen LogP contribution in [0.1, 0.15) is 30.6 Å². The molecule has 0 aromatic heterocycles. The monoisotopic (exact) mass is 301 g/mol. The van der Waals surface area contributed by atoms with Crippen LogP contribution in [0.5, 0.6) is 11.5 Å². The fourth-order valence-electron chi connectivity index (χ4n) is 1.47. The maximum Gasteiger partial charge on any atom is 0.252 e. The number of hydrogen-bond acceptors (Lipinski definition) is 4. The van der Waals surface area contributed by atoms with Gasteiger partial charge in [-0.2, -0.15) is 0 Å². The summed E-state index contributed by atoms with van der Waals surface area (Å²) in [4.78, 5) is 11.9. The molecule has 0 aliphatic rings. The largest absolute Gasteiger partial charge is 0.493 e. The minimum atomic E-state index is -0.579. The molecule has 0 fully saturated rings. The third-order valence-corrected chi connectivity index (χ3v) is 2.97. The number of carbonyl (C=O) groups excluding carboxylic acids is 1. The normalized spacial score (nSPS) is 13.4. The second-order valence-electron chi connectivity index (χ2n) is 4.37. The number of nitrogens with one attached hydrogen (secondary N) is 1. The summed E-state index contributed by atoms with van der Waals surface area (Å²) in [5.74, 6) is 0.635. The summed E-state index contributed by atoms with van der Waals surface area (Å²) in [7, 11) is 1.49. The van der Waals surface area contributed by atoms with Crippen molar-refractivity contribution in [3.8, 4) is 11.5 Å². The molecule has 2 N–H and O–H groups in total. The second kappa shape index (κ2) is 7.97. The Morgan fingerprint density at radius 1 is 1.45 bits per heavy atom. The van der Waals surface area contributed by atoms with Gasteiger partial charge in [-0.05, 0) is 31.5 Å². The molecule has 1 amide bonds. The lowest BCUT2D eigenvalue weighted by molar-refractivity contribution is 0.0947. The summed E-state index contributed by atoms with van der Waals surface area (Å²) in [5.41, 5.74) is 0.0324. The first-order chi connectivity index (χ1) is 9.47. The van der Waals surface area contributed by atoms with E-state index in [9.17, 15) is 9.90 Å². The number of hydrogen-bond donors (Lipinski definition) is 2. The van der Waals surface area contributed by atoms with Gasteiger partial charge in [0.2, 0.25) is 0 Å². The van der Waals surface area contributed by atoms with Gasteiger partial charge in [0.15, 0.2) is 11.5 Å². The van der Waals surface area contributed by atoms with Crippen molar-refractivity contribution in [2.75, 3.05) is 13.7 Å². The van der Waals surface area contributed by atoms with Crippen molar-refractivity contribution in [3.63, 3.8) is 0 Å². The Balaban J connectivity index is 2.83. The average Bonchev–Trinajstić information content (AvgIpc) is 2.44. The smallest absolute Gasteiger partial charge is 0.252 e. The van der Waals surface area contributed by atoms with Crippen molar-refractivity contribution in [2.24, 2.45) is 0 Å². The molecule has 0 aliphatic heterocycles. The molecule has 0 saturated carbocycles. The molecule has 1 unspecified atom stereocenters. The van der Waals surface area contributed by atoms with E-state index in [-0.39, 0.29) is 12.5 Å². The molecule has 5 nitrogen and oxygen atoms in total. The minimum absolute atomic E-state index is 0.154. The van der Waals surface area contributed by atoms with Gasteiger partial charge in [0.1, 0.15) is 12.1 Å². The van der Waals surface area contributed by atoms with Crippen molar-refractivity contribution < 1.29 is 19.4 Å². The number of aliphatic hydroxyl groups excluding tert-OH is 1. The van der Waals surface area contributed by atoms with Gasteiger partial charge in [-0.3, -0.25) is 4.79 Å². The molecule has 0 radical (unpaired) electrons. The summed E-state index contributed by atoms with van der Waals surface area (Å²) in [6.45, 7) is 3.66. The van der Waals surface area contributed by atoms with E-state index < -0.39 is 11.6 Å². The van der Waals surface area contributed by atoms with Gasteiger partial charge in [-0.25, -0.2) is 0 Å². The topological polar surface area (TPSA) is 67.8 Å². The molecule has 6 heteroatoms. The van der Waals surface area contributed by atoms with Crippen LogP contribution in [0, 0.1) is 0 Å². The number of alkyl halides is 1. The zero-order chi connectivity index (χ0) is 15.1. The van der Waals surface area contributed by atoms with E-state index in [1.807, 2.05) is 6.92 Å². The van der Waals surface area contributed by atoms with Crippen LogP contribution in [0.3, 0.4) is 0 Å². The average molecular weight is 302 g/mol. The van der Waals surface area contributed by atoms with E-state index in [1.54, 1.807) is 25.1 Å². The molecule has 1 aromatic carbocycles. The number of amides is 1. The zero-order valence-corrected chi connectivity index (χ0v) is 12.6. The molecule has 0 saturated heterocycles. The molecule has 1 aromatic rings. The van der Waals surface area contributed by atoms with Crippen LogP contribution in [-0.2, 0) is 0 Å². The standard InChI is InChI=1S/C14H20ClNO4/c1-4-13(15)16-14(18)10-5-6-11(12(7-10)19-3)20-8-9(2)17/h5-7,9,13,17H,4,8H2,1-3H3,(H,16,18)/t9-,13?/m1/s1. The highest BCUT2D eigenvalue weighted by atomic mass is 35.5. The van der Waals surface area contributed by atoms with Gasteiger partial charge in [0.25, 0.3) is 5.91 Å². The van der Waals surface area contributed by atoms with Crippen molar-refractivity contribution in [3.05, 3.63) is 23.8 Å². The highest BCUT2D eigenvalue weighted by molar-refractivity contribution is 6.21. The van der Waals surface area contributed by atoms with Gasteiger partial charge >= 0.3 is 0 Å². The molecule has 0 bridgehead atoms. The highest BCUT2D eigenvalue weighted by Crippen LogP contribution is 2.28. The van der Waals surface area contributed by atoms with Gasteiger partial charge < -0.3 is 19.9 Å². The lowest BCUT2D eigenvalue weighted by Gasteiger charge is -2.14. The molecule has 0 aliphatic carbocycles. The Hall–Kier alpha value is -1.46. The Morgan fingerprint density at radius 2 is 2.15 bits per heavy atom. The van der Waals surface area contributed by atoms with Crippen LogP contribution in [0.25, 0.3) is 0 Å². The van der Waals surface area contributed by atoms with E-state index in [1.165, 1.54) is 7.11 Å². The summed E-state index contributed by atoms with van der Waals surface area (Å²) in [5, 5.41) is 11.9. The van der Waals surface area contributed by atoms with Gasteiger partial charge in [-0.15, -0.1) is 0 Å². The zero-order valence-electron chi connectivity index (χ0n) is 11.9. The van der Waals surface area contributed by atoms with Crippen molar-refractivity contribution in [2.45, 2.75) is 31.9 Å². The molecule has 112 valence electrons. The first-order valence-corrected chi connectivity index (χ1v) is 6.85. The predicted octanol–water partition coefficient (Wildman–Crippen LogP) is 2.16. The first-order valence-electron chi connectivity index (χ1n) is 6.41. The van der Waals surface area contributed by atoms with Crippen LogP contribution in [0.15, 0.2) is 18.2 Å². The van der Waals surface area contributed by atoms with Crippen LogP contribution < -0.4 is 14.8 Å². The molecule has 0 heterocycles. The summed E-state index contributed by atoms with van der Waals surface area (Å²) in [6.07, 6.45) is 0.0595. The number of ether oxygens (including phenoxy) is 2. The van der Waals surface area contributed by atoms with E-state index >= 15 is 0 Å². The van der Waals surface area contributed by atoms with Gasteiger partial charge in [0.05, 0.1) is 13.2 Å². The van der Waals surface area contributed by atoms with Crippen LogP contribution >= 0.6 is 11.6 Å². The van der Waals surface area contributed by atoms with Crippen LogP contribution in [-0.4, -0.2) is 36.3 Å². The maximum absolute atomic E-state index is 11.9. The van der Waals surface area contributed by atoms with Crippen molar-refractivity contribution in [1.82, 2.24) is 5.32 Å². The number of halogens is 1. The lowest BCUT2D eigenvalue weighted by atomic mass is 10.2. The van der Waals surface area contributed by atoms with E-state index in [4.69, 9.17) is 21.1 Å². The van der Waals surface area contributed by atoms with Crippen molar-refractivity contribution in [1.29, 1.82) is 0 Å². The molecular weight excluding hydrogens is 282 g/mol. The first kappa shape index (κ1) is 16.6. The quantitative estimate of drug-likeness (QED) is 0.598. The SMILES string of the molecule is CCC(Cl)NC(=O)c1ccc(OC[C@@H](C)O)c(OC)c1. The number of carbonyl (C=O) groups is 1. The fraction of sp³-hybridized carbons (Fsp3) is 0.500. The lowest BCUT2D eigenvalue weighted by Crippen LogP contribution is -2.30. The highest BCUT2D eigenvalue weighted by Gasteiger charge is 2.13. The molecular formula is C14H20ClNO4. The third-order valence-electron chi connectivity index (χ3n) is 2.55. The maximum atomic E-state index is 11.9. The third kappa shape index (κ3) is 4.90. The van der Waals surface area contributed by atoms with Crippen LogP contribution in [0.2, 0.25) is 0 Å². The Labute approximate surface area is 123 Å². The van der Waals surface area contributed by atoms with E-state index in [0.717, 1.165) is 0 Å². The van der Waals surface area contributed by atoms with Gasteiger partial charge in [-0.1, -0.05) is 18.5 Å². The number of rotatable bonds is 7. The Kier molecular flexibility index (Phi) is 6.61. The predicted molar refractivity (Wildman–Crippen MR) is 77.6 cm³/mol. The molecule has 20 heavy (non-hydrogen) atoms. The fourth-order valence-corrected chi connectivity index (χ4v) is 1.57. The Bertz CT molecular complexity index is 451. The van der Waals surface area contributed by atoms with E-state index in [0.29, 0.717) is 23.5 Å². The number of aliphatic hydroxyl groups is 1. The summed E-state index contributed by atoms with van der Waals surface area (Å²) >= 11 is 5.88. The summed E-state index contributed by atoms with van der Waals surface area (Å²) in [6, 6.07) is 4.83. The number of benzene rings is 1. The second-order valence-corrected chi connectivity index (χ2v) is 4.90. The molecule has 1 rings (SSSR count).